The van der Waals surface area contributed by atoms with Gasteiger partial charge in [0, 0.05) is 37.7 Å². The van der Waals surface area contributed by atoms with Gasteiger partial charge in [0.2, 0.25) is 5.91 Å². The fourth-order valence-corrected chi connectivity index (χ4v) is 2.65. The van der Waals surface area contributed by atoms with Gasteiger partial charge in [-0.2, -0.15) is 0 Å². The molecule has 0 spiro atoms. The Bertz CT molecular complexity index is 630. The Morgan fingerprint density at radius 1 is 1.18 bits per heavy atom. The topological polar surface area (TPSA) is 58.1 Å². The minimum atomic E-state index is 0.286. The molecule has 1 aromatic heterocycles. The fraction of sp³-hybridized carbons (Fsp3) is 0.353. The van der Waals surface area contributed by atoms with Gasteiger partial charge in [-0.15, -0.1) is 0 Å². The van der Waals surface area contributed by atoms with Crippen LogP contribution in [0.25, 0.3) is 11.3 Å². The van der Waals surface area contributed by atoms with Crippen molar-refractivity contribution in [2.24, 2.45) is 0 Å². The highest BCUT2D eigenvalue weighted by atomic mass is 16.2. The van der Waals surface area contributed by atoms with E-state index >= 15 is 0 Å². The van der Waals surface area contributed by atoms with Crippen LogP contribution in [0.15, 0.2) is 42.7 Å². The molecule has 1 N–H and O–H groups in total. The van der Waals surface area contributed by atoms with E-state index in [4.69, 9.17) is 0 Å². The molecule has 1 aliphatic rings. The van der Waals surface area contributed by atoms with Gasteiger partial charge < -0.3 is 10.2 Å². The number of hydrogen-bond donors (Lipinski definition) is 1. The first-order valence-electron chi connectivity index (χ1n) is 7.72. The summed E-state index contributed by atoms with van der Waals surface area (Å²) in [5, 5.41) is 3.30. The van der Waals surface area contributed by atoms with Crippen LogP contribution in [-0.2, 0) is 4.79 Å². The van der Waals surface area contributed by atoms with Crippen LogP contribution in [0.1, 0.15) is 19.3 Å². The van der Waals surface area contributed by atoms with Crippen LogP contribution in [0.5, 0.6) is 0 Å². The van der Waals surface area contributed by atoms with E-state index in [-0.39, 0.29) is 5.91 Å². The Morgan fingerprint density at radius 3 is 2.82 bits per heavy atom. The molecule has 0 saturated carbocycles. The van der Waals surface area contributed by atoms with Crippen molar-refractivity contribution in [2.45, 2.75) is 19.3 Å². The number of anilines is 1. The smallest absolute Gasteiger partial charge is 0.222 e. The van der Waals surface area contributed by atoms with Gasteiger partial charge >= 0.3 is 0 Å². The van der Waals surface area contributed by atoms with Crippen molar-refractivity contribution in [2.75, 3.05) is 25.0 Å². The van der Waals surface area contributed by atoms with Gasteiger partial charge in [-0.25, -0.2) is 9.97 Å². The van der Waals surface area contributed by atoms with Crippen molar-refractivity contribution >= 4 is 11.7 Å². The molecule has 1 aromatic carbocycles. The predicted octanol–water partition coefficient (Wildman–Crippen LogP) is 2.57. The highest BCUT2D eigenvalue weighted by Gasteiger charge is 2.18. The highest BCUT2D eigenvalue weighted by Crippen LogP contribution is 2.18. The number of benzene rings is 1. The number of nitrogens with zero attached hydrogens (tertiary/aromatic N) is 3. The van der Waals surface area contributed by atoms with Gasteiger partial charge in [0.15, 0.2) is 0 Å². The van der Waals surface area contributed by atoms with Gasteiger partial charge in [0.25, 0.3) is 0 Å². The Balaban J connectivity index is 1.52. The number of amides is 1. The number of carbonyl (C=O) groups excluding carboxylic acids is 1. The van der Waals surface area contributed by atoms with Crippen LogP contribution in [-0.4, -0.2) is 40.4 Å². The highest BCUT2D eigenvalue weighted by molar-refractivity contribution is 5.78. The second kappa shape index (κ2) is 7.02. The van der Waals surface area contributed by atoms with E-state index in [9.17, 15) is 4.79 Å². The first kappa shape index (κ1) is 14.5. The lowest BCUT2D eigenvalue weighted by molar-refractivity contribution is -0.127. The van der Waals surface area contributed by atoms with Crippen LogP contribution in [0, 0.1) is 0 Å². The first-order chi connectivity index (χ1) is 10.8. The third-order valence-corrected chi connectivity index (χ3v) is 3.82. The van der Waals surface area contributed by atoms with E-state index in [2.05, 4.69) is 15.3 Å². The van der Waals surface area contributed by atoms with Crippen molar-refractivity contribution in [3.05, 3.63) is 42.7 Å². The van der Waals surface area contributed by atoms with Crippen molar-refractivity contribution < 1.29 is 4.79 Å². The molecule has 5 nitrogen and oxygen atoms in total. The molecule has 0 aliphatic carbocycles. The molecule has 0 unspecified atom stereocenters. The molecular weight excluding hydrogens is 276 g/mol. The van der Waals surface area contributed by atoms with Crippen LogP contribution in [0.4, 0.5) is 5.82 Å². The van der Waals surface area contributed by atoms with Crippen molar-refractivity contribution in [3.8, 4) is 11.3 Å². The number of rotatable bonds is 6. The monoisotopic (exact) mass is 296 g/mol. The molecule has 0 bridgehead atoms. The molecule has 5 heteroatoms. The summed E-state index contributed by atoms with van der Waals surface area (Å²) in [6.45, 7) is 2.53. The number of carbonyl (C=O) groups is 1. The average molecular weight is 296 g/mol. The molecule has 22 heavy (non-hydrogen) atoms. The molecule has 0 radical (unpaired) electrons. The molecule has 3 rings (SSSR count). The van der Waals surface area contributed by atoms with Crippen molar-refractivity contribution in [1.82, 2.24) is 14.9 Å². The summed E-state index contributed by atoms with van der Waals surface area (Å²) in [4.78, 5) is 22.0. The van der Waals surface area contributed by atoms with Crippen molar-refractivity contribution in [1.29, 1.82) is 0 Å². The second-order valence-electron chi connectivity index (χ2n) is 5.42. The zero-order valence-electron chi connectivity index (χ0n) is 12.5. The van der Waals surface area contributed by atoms with Gasteiger partial charge in [0.1, 0.15) is 12.1 Å². The second-order valence-corrected chi connectivity index (χ2v) is 5.42. The third-order valence-electron chi connectivity index (χ3n) is 3.82. The molecule has 2 aromatic rings. The Hall–Kier alpha value is -2.43. The minimum Gasteiger partial charge on any atom is -0.370 e. The van der Waals surface area contributed by atoms with Gasteiger partial charge in [-0.05, 0) is 12.8 Å². The van der Waals surface area contributed by atoms with E-state index < -0.39 is 0 Å². The summed E-state index contributed by atoms with van der Waals surface area (Å²) in [5.74, 6) is 1.11. The molecule has 1 saturated heterocycles. The van der Waals surface area contributed by atoms with E-state index in [0.717, 1.165) is 49.6 Å². The summed E-state index contributed by atoms with van der Waals surface area (Å²) < 4.78 is 0. The van der Waals surface area contributed by atoms with Crippen LogP contribution in [0.2, 0.25) is 0 Å². The van der Waals surface area contributed by atoms with Crippen molar-refractivity contribution in [3.63, 3.8) is 0 Å². The lowest BCUT2D eigenvalue weighted by atomic mass is 10.1. The fourth-order valence-electron chi connectivity index (χ4n) is 2.65. The summed E-state index contributed by atoms with van der Waals surface area (Å²) in [6.07, 6.45) is 4.21. The van der Waals surface area contributed by atoms with E-state index in [1.807, 2.05) is 41.3 Å². The van der Waals surface area contributed by atoms with Gasteiger partial charge in [-0.3, -0.25) is 4.79 Å². The van der Waals surface area contributed by atoms with Crippen LogP contribution < -0.4 is 5.32 Å². The molecule has 1 amide bonds. The van der Waals surface area contributed by atoms with Crippen LogP contribution in [0.3, 0.4) is 0 Å². The van der Waals surface area contributed by atoms with Gasteiger partial charge in [0.05, 0.1) is 5.69 Å². The summed E-state index contributed by atoms with van der Waals surface area (Å²) in [6, 6.07) is 12.0. The van der Waals surface area contributed by atoms with Crippen LogP contribution >= 0.6 is 0 Å². The van der Waals surface area contributed by atoms with E-state index in [1.54, 1.807) is 6.33 Å². The number of likely N-dealkylation sites (tertiary alicyclic amines) is 1. The molecule has 0 atom stereocenters. The maximum absolute atomic E-state index is 11.5. The molecular formula is C17H20N4O. The molecule has 2 heterocycles. The largest absolute Gasteiger partial charge is 0.370 e. The maximum atomic E-state index is 11.5. The Labute approximate surface area is 130 Å². The standard InChI is InChI=1S/C17H20N4O/c22-17-8-4-10-21(17)11-5-9-18-16-12-15(19-13-20-16)14-6-2-1-3-7-14/h1-3,6-7,12-13H,4-5,8-11H2,(H,18,19,20). The summed E-state index contributed by atoms with van der Waals surface area (Å²) in [5.41, 5.74) is 1.99. The lowest BCUT2D eigenvalue weighted by Gasteiger charge is -2.15. The normalized spacial score (nSPS) is 14.4. The predicted molar refractivity (Wildman–Crippen MR) is 86.4 cm³/mol. The number of aromatic nitrogens is 2. The lowest BCUT2D eigenvalue weighted by Crippen LogP contribution is -2.27. The quantitative estimate of drug-likeness (QED) is 0.832. The Kier molecular flexibility index (Phi) is 4.63. The zero-order valence-corrected chi connectivity index (χ0v) is 12.5. The SMILES string of the molecule is O=C1CCCN1CCCNc1cc(-c2ccccc2)ncn1. The summed E-state index contributed by atoms with van der Waals surface area (Å²) in [7, 11) is 0. The third kappa shape index (κ3) is 3.61. The minimum absolute atomic E-state index is 0.286. The molecule has 1 aliphatic heterocycles. The molecule has 1 fully saturated rings. The maximum Gasteiger partial charge on any atom is 0.222 e. The number of nitrogens with one attached hydrogen (secondary N) is 1. The average Bonchev–Trinajstić information content (AvgIpc) is 2.98. The first-order valence-corrected chi connectivity index (χ1v) is 7.72. The number of hydrogen-bond acceptors (Lipinski definition) is 4. The van der Waals surface area contributed by atoms with E-state index in [1.165, 1.54) is 0 Å². The van der Waals surface area contributed by atoms with E-state index in [0.29, 0.717) is 6.42 Å². The Morgan fingerprint density at radius 2 is 2.05 bits per heavy atom. The van der Waals surface area contributed by atoms with Gasteiger partial charge in [-0.1, -0.05) is 30.3 Å². The summed E-state index contributed by atoms with van der Waals surface area (Å²) >= 11 is 0. The zero-order chi connectivity index (χ0) is 15.2. The molecule has 114 valence electrons.